The average Bonchev–Trinajstić information content (AvgIpc) is 3.20. The van der Waals surface area contributed by atoms with Gasteiger partial charge in [0.05, 0.1) is 5.92 Å². The van der Waals surface area contributed by atoms with E-state index in [-0.39, 0.29) is 11.8 Å². The van der Waals surface area contributed by atoms with E-state index in [1.807, 2.05) is 25.3 Å². The van der Waals surface area contributed by atoms with E-state index < -0.39 is 11.9 Å². The minimum Gasteiger partial charge on any atom is -0.481 e. The van der Waals surface area contributed by atoms with Gasteiger partial charge in [0.25, 0.3) is 0 Å². The average molecular weight is 354 g/mol. The fourth-order valence-electron chi connectivity index (χ4n) is 4.24. The van der Waals surface area contributed by atoms with Gasteiger partial charge in [-0.15, -0.1) is 0 Å². The standard InChI is InChI=1S/C21H26N2O3/c1-12-8-15-17(16(21(25)26)9-13-4-2-3-5-13)11-22-19(15)10-18(12)23-20(24)14-6-7-14/h8,10-11,13-14,16,22H,2-7,9H2,1H3,(H,23,24)(H,25,26). The molecule has 1 amide bonds. The van der Waals surface area contributed by atoms with Gasteiger partial charge in [0.2, 0.25) is 5.91 Å². The summed E-state index contributed by atoms with van der Waals surface area (Å²) in [4.78, 5) is 27.2. The number of benzene rings is 1. The van der Waals surface area contributed by atoms with Crippen LogP contribution in [0.4, 0.5) is 5.69 Å². The third-order valence-corrected chi connectivity index (χ3v) is 5.98. The summed E-state index contributed by atoms with van der Waals surface area (Å²) >= 11 is 0. The highest BCUT2D eigenvalue weighted by molar-refractivity contribution is 5.98. The first kappa shape index (κ1) is 17.1. The van der Waals surface area contributed by atoms with Crippen LogP contribution in [-0.4, -0.2) is 22.0 Å². The predicted molar refractivity (Wildman–Crippen MR) is 101 cm³/mol. The predicted octanol–water partition coefficient (Wildman–Crippen LogP) is 4.57. The molecule has 5 heteroatoms. The number of hydrogen-bond acceptors (Lipinski definition) is 2. The minimum atomic E-state index is -0.749. The Kier molecular flexibility index (Phi) is 4.47. The van der Waals surface area contributed by atoms with Gasteiger partial charge in [0.1, 0.15) is 0 Å². The van der Waals surface area contributed by atoms with E-state index >= 15 is 0 Å². The second-order valence-electron chi connectivity index (χ2n) is 8.00. The Labute approximate surface area is 153 Å². The molecule has 138 valence electrons. The highest BCUT2D eigenvalue weighted by atomic mass is 16.4. The number of carbonyl (C=O) groups excluding carboxylic acids is 1. The summed E-state index contributed by atoms with van der Waals surface area (Å²) in [5.41, 5.74) is 3.53. The molecule has 0 radical (unpaired) electrons. The van der Waals surface area contributed by atoms with Gasteiger partial charge in [0, 0.05) is 28.7 Å². The number of aryl methyl sites for hydroxylation is 1. The molecule has 1 unspecified atom stereocenters. The number of amides is 1. The Morgan fingerprint density at radius 1 is 1.23 bits per heavy atom. The molecule has 1 atom stereocenters. The van der Waals surface area contributed by atoms with E-state index in [4.69, 9.17) is 0 Å². The van der Waals surface area contributed by atoms with Gasteiger partial charge in [-0.05, 0) is 55.4 Å². The molecular formula is C21H26N2O3. The zero-order valence-corrected chi connectivity index (χ0v) is 15.2. The number of rotatable bonds is 6. The molecule has 4 rings (SSSR count). The van der Waals surface area contributed by atoms with Crippen molar-refractivity contribution in [3.05, 3.63) is 29.5 Å². The first-order valence-corrected chi connectivity index (χ1v) is 9.68. The summed E-state index contributed by atoms with van der Waals surface area (Å²) in [5, 5.41) is 13.8. The van der Waals surface area contributed by atoms with E-state index in [0.29, 0.717) is 12.3 Å². The molecule has 2 fully saturated rings. The van der Waals surface area contributed by atoms with Crippen molar-refractivity contribution in [3.8, 4) is 0 Å². The van der Waals surface area contributed by atoms with Gasteiger partial charge < -0.3 is 15.4 Å². The van der Waals surface area contributed by atoms with E-state index in [0.717, 1.165) is 53.4 Å². The number of fused-ring (bicyclic) bond motifs is 1. The third-order valence-electron chi connectivity index (χ3n) is 5.98. The van der Waals surface area contributed by atoms with Crippen LogP contribution in [0.3, 0.4) is 0 Å². The highest BCUT2D eigenvalue weighted by Gasteiger charge is 2.31. The quantitative estimate of drug-likeness (QED) is 0.710. The Hall–Kier alpha value is -2.30. The lowest BCUT2D eigenvalue weighted by Gasteiger charge is -2.17. The molecule has 5 nitrogen and oxygen atoms in total. The maximum Gasteiger partial charge on any atom is 0.311 e. The van der Waals surface area contributed by atoms with Crippen LogP contribution in [0.25, 0.3) is 10.9 Å². The normalized spacial score (nSPS) is 19.0. The van der Waals surface area contributed by atoms with Gasteiger partial charge in [-0.3, -0.25) is 9.59 Å². The van der Waals surface area contributed by atoms with Crippen LogP contribution in [-0.2, 0) is 9.59 Å². The number of carbonyl (C=O) groups is 2. The maximum absolute atomic E-state index is 12.1. The molecule has 1 aromatic heterocycles. The SMILES string of the molecule is Cc1cc2c(C(CC3CCCC3)C(=O)O)c[nH]c2cc1NC(=O)C1CC1. The van der Waals surface area contributed by atoms with Gasteiger partial charge >= 0.3 is 5.97 Å². The highest BCUT2D eigenvalue weighted by Crippen LogP contribution is 2.38. The van der Waals surface area contributed by atoms with Gasteiger partial charge in [-0.1, -0.05) is 25.7 Å². The molecule has 2 aromatic rings. The lowest BCUT2D eigenvalue weighted by molar-refractivity contribution is -0.139. The van der Waals surface area contributed by atoms with Crippen molar-refractivity contribution in [2.24, 2.45) is 11.8 Å². The number of carboxylic acid groups (broad SMARTS) is 1. The monoisotopic (exact) mass is 354 g/mol. The first-order chi connectivity index (χ1) is 12.5. The molecule has 26 heavy (non-hydrogen) atoms. The third kappa shape index (κ3) is 3.35. The smallest absolute Gasteiger partial charge is 0.311 e. The van der Waals surface area contributed by atoms with Crippen LogP contribution in [0.1, 0.15) is 62.0 Å². The van der Waals surface area contributed by atoms with E-state index in [1.165, 1.54) is 12.8 Å². The first-order valence-electron chi connectivity index (χ1n) is 9.68. The molecule has 0 aliphatic heterocycles. The molecular weight excluding hydrogens is 328 g/mol. The van der Waals surface area contributed by atoms with Crippen LogP contribution in [0.15, 0.2) is 18.3 Å². The molecule has 3 N–H and O–H groups in total. The molecule has 0 bridgehead atoms. The Balaban J connectivity index is 1.63. The molecule has 2 aliphatic carbocycles. The number of carboxylic acids is 1. The summed E-state index contributed by atoms with van der Waals surface area (Å²) in [6.07, 6.45) is 9.21. The summed E-state index contributed by atoms with van der Waals surface area (Å²) in [6.45, 7) is 1.96. The summed E-state index contributed by atoms with van der Waals surface area (Å²) in [6, 6.07) is 3.94. The van der Waals surface area contributed by atoms with Crippen molar-refractivity contribution < 1.29 is 14.7 Å². The fraction of sp³-hybridized carbons (Fsp3) is 0.524. The minimum absolute atomic E-state index is 0.0869. The molecule has 1 heterocycles. The fourth-order valence-corrected chi connectivity index (χ4v) is 4.24. The van der Waals surface area contributed by atoms with Crippen LogP contribution in [0, 0.1) is 18.8 Å². The van der Waals surface area contributed by atoms with Gasteiger partial charge in [0.15, 0.2) is 0 Å². The van der Waals surface area contributed by atoms with Crippen LogP contribution < -0.4 is 5.32 Å². The molecule has 0 spiro atoms. The largest absolute Gasteiger partial charge is 0.481 e. The maximum atomic E-state index is 12.1. The van der Waals surface area contributed by atoms with E-state index in [9.17, 15) is 14.7 Å². The van der Waals surface area contributed by atoms with Crippen molar-refractivity contribution >= 4 is 28.5 Å². The zero-order chi connectivity index (χ0) is 18.3. The van der Waals surface area contributed by atoms with Crippen LogP contribution in [0.2, 0.25) is 0 Å². The molecule has 2 aliphatic rings. The van der Waals surface area contributed by atoms with Crippen molar-refractivity contribution in [1.82, 2.24) is 4.98 Å². The summed E-state index contributed by atoms with van der Waals surface area (Å²) in [7, 11) is 0. The lowest BCUT2D eigenvalue weighted by atomic mass is 9.87. The number of aromatic nitrogens is 1. The number of hydrogen-bond donors (Lipinski definition) is 3. The van der Waals surface area contributed by atoms with Crippen LogP contribution >= 0.6 is 0 Å². The number of aliphatic carboxylic acids is 1. The Morgan fingerprint density at radius 3 is 2.62 bits per heavy atom. The number of anilines is 1. The van der Waals surface area contributed by atoms with Gasteiger partial charge in [-0.25, -0.2) is 0 Å². The van der Waals surface area contributed by atoms with E-state index in [1.54, 1.807) is 0 Å². The van der Waals surface area contributed by atoms with E-state index in [2.05, 4.69) is 10.3 Å². The van der Waals surface area contributed by atoms with Crippen molar-refractivity contribution in [2.75, 3.05) is 5.32 Å². The number of aromatic amines is 1. The second-order valence-corrected chi connectivity index (χ2v) is 8.00. The summed E-state index contributed by atoms with van der Waals surface area (Å²) < 4.78 is 0. The summed E-state index contributed by atoms with van der Waals surface area (Å²) in [5.74, 6) is -0.463. The van der Waals surface area contributed by atoms with Gasteiger partial charge in [-0.2, -0.15) is 0 Å². The lowest BCUT2D eigenvalue weighted by Crippen LogP contribution is -2.15. The molecule has 1 aromatic carbocycles. The Bertz CT molecular complexity index is 844. The van der Waals surface area contributed by atoms with Crippen molar-refractivity contribution in [3.63, 3.8) is 0 Å². The van der Waals surface area contributed by atoms with Crippen molar-refractivity contribution in [1.29, 1.82) is 0 Å². The van der Waals surface area contributed by atoms with Crippen molar-refractivity contribution in [2.45, 2.75) is 57.8 Å². The van der Waals surface area contributed by atoms with Crippen LogP contribution in [0.5, 0.6) is 0 Å². The number of H-pyrrole nitrogens is 1. The Morgan fingerprint density at radius 2 is 1.96 bits per heavy atom. The second kappa shape index (κ2) is 6.78. The zero-order valence-electron chi connectivity index (χ0n) is 15.2. The topological polar surface area (TPSA) is 82.2 Å². The number of nitrogens with one attached hydrogen (secondary N) is 2. The molecule has 0 saturated heterocycles. The molecule has 2 saturated carbocycles.